The van der Waals surface area contributed by atoms with E-state index >= 15 is 0 Å². The Balaban J connectivity index is 2.29. The van der Waals surface area contributed by atoms with Gasteiger partial charge in [0.1, 0.15) is 11.6 Å². The van der Waals surface area contributed by atoms with Crippen molar-refractivity contribution in [3.8, 4) is 5.75 Å². The molecule has 2 atom stereocenters. The van der Waals surface area contributed by atoms with Crippen molar-refractivity contribution >= 4 is 6.08 Å². The first-order valence-corrected chi connectivity index (χ1v) is 8.54. The summed E-state index contributed by atoms with van der Waals surface area (Å²) in [5.41, 5.74) is 3.47. The molecule has 2 aromatic rings. The van der Waals surface area contributed by atoms with Crippen molar-refractivity contribution in [2.75, 3.05) is 7.11 Å². The molecule has 8 heteroatoms. The predicted molar refractivity (Wildman–Crippen MR) is 98.0 cm³/mol. The number of alkyl halides is 3. The molecule has 0 aliphatic heterocycles. The molecular weight excluding hydrogens is 376 g/mol. The normalized spacial score (nSPS) is 15.8. The first-order chi connectivity index (χ1) is 13.1. The SMILES string of the molecule is COc1cc(F)ccc1C(C)CC(O)(C/C(N)=C/c1cccnc1)C(F)(F)F. The van der Waals surface area contributed by atoms with Gasteiger partial charge in [-0.25, -0.2) is 4.39 Å². The van der Waals surface area contributed by atoms with Crippen LogP contribution < -0.4 is 10.5 Å². The Kier molecular flexibility index (Phi) is 6.66. The molecule has 0 amide bonds. The number of nitrogens with zero attached hydrogens (tertiary/aromatic N) is 1. The summed E-state index contributed by atoms with van der Waals surface area (Å²) < 4.78 is 59.5. The highest BCUT2D eigenvalue weighted by Crippen LogP contribution is 2.43. The molecule has 0 aliphatic carbocycles. The molecule has 2 rings (SSSR count). The molecule has 1 heterocycles. The summed E-state index contributed by atoms with van der Waals surface area (Å²) in [7, 11) is 1.30. The van der Waals surface area contributed by atoms with E-state index in [4.69, 9.17) is 10.5 Å². The number of methoxy groups -OCH3 is 1. The number of halogens is 4. The lowest BCUT2D eigenvalue weighted by Gasteiger charge is -2.33. The molecule has 28 heavy (non-hydrogen) atoms. The Labute approximate surface area is 160 Å². The van der Waals surface area contributed by atoms with Crippen molar-refractivity contribution in [1.29, 1.82) is 0 Å². The summed E-state index contributed by atoms with van der Waals surface area (Å²) in [6.07, 6.45) is -2.07. The number of hydrogen-bond donors (Lipinski definition) is 2. The van der Waals surface area contributed by atoms with E-state index in [1.54, 1.807) is 12.1 Å². The monoisotopic (exact) mass is 398 g/mol. The van der Waals surface area contributed by atoms with Gasteiger partial charge in [-0.15, -0.1) is 0 Å². The summed E-state index contributed by atoms with van der Waals surface area (Å²) in [6.45, 7) is 1.51. The summed E-state index contributed by atoms with van der Waals surface area (Å²) >= 11 is 0. The van der Waals surface area contributed by atoms with E-state index in [2.05, 4.69) is 4.98 Å². The molecule has 0 bridgehead atoms. The van der Waals surface area contributed by atoms with Crippen LogP contribution in [0.25, 0.3) is 6.08 Å². The summed E-state index contributed by atoms with van der Waals surface area (Å²) in [5, 5.41) is 10.5. The Morgan fingerprint density at radius 1 is 1.32 bits per heavy atom. The van der Waals surface area contributed by atoms with Crippen LogP contribution in [-0.4, -0.2) is 29.0 Å². The third-order valence-electron chi connectivity index (χ3n) is 4.43. The van der Waals surface area contributed by atoms with Gasteiger partial charge in [0, 0.05) is 30.6 Å². The average Bonchev–Trinajstić information content (AvgIpc) is 2.61. The van der Waals surface area contributed by atoms with Crippen LogP contribution in [0.1, 0.15) is 36.8 Å². The Morgan fingerprint density at radius 3 is 2.61 bits per heavy atom. The zero-order valence-electron chi connectivity index (χ0n) is 15.5. The topological polar surface area (TPSA) is 68.4 Å². The van der Waals surface area contributed by atoms with Gasteiger partial charge in [0.25, 0.3) is 0 Å². The van der Waals surface area contributed by atoms with E-state index in [0.29, 0.717) is 11.1 Å². The van der Waals surface area contributed by atoms with Crippen molar-refractivity contribution in [2.24, 2.45) is 5.73 Å². The molecule has 2 unspecified atom stereocenters. The van der Waals surface area contributed by atoms with E-state index in [1.165, 1.54) is 38.6 Å². The lowest BCUT2D eigenvalue weighted by atomic mass is 9.83. The minimum Gasteiger partial charge on any atom is -0.496 e. The molecule has 0 spiro atoms. The van der Waals surface area contributed by atoms with E-state index in [9.17, 15) is 22.7 Å². The highest BCUT2D eigenvalue weighted by molar-refractivity contribution is 5.51. The van der Waals surface area contributed by atoms with Gasteiger partial charge >= 0.3 is 6.18 Å². The van der Waals surface area contributed by atoms with Crippen molar-refractivity contribution in [3.05, 3.63) is 65.4 Å². The van der Waals surface area contributed by atoms with Gasteiger partial charge in [0.15, 0.2) is 5.60 Å². The van der Waals surface area contributed by atoms with Crippen molar-refractivity contribution in [1.82, 2.24) is 4.98 Å². The van der Waals surface area contributed by atoms with Crippen LogP contribution in [0.4, 0.5) is 17.6 Å². The molecule has 0 fully saturated rings. The average molecular weight is 398 g/mol. The van der Waals surface area contributed by atoms with Crippen LogP contribution in [0.15, 0.2) is 48.4 Å². The molecule has 0 aliphatic rings. The van der Waals surface area contributed by atoms with E-state index in [1.807, 2.05) is 0 Å². The number of nitrogens with two attached hydrogens (primary N) is 1. The Hall–Kier alpha value is -2.61. The number of rotatable bonds is 7. The van der Waals surface area contributed by atoms with E-state index < -0.39 is 36.4 Å². The zero-order valence-corrected chi connectivity index (χ0v) is 15.5. The molecule has 0 saturated heterocycles. The highest BCUT2D eigenvalue weighted by Gasteiger charge is 2.54. The number of aliphatic hydroxyl groups is 1. The summed E-state index contributed by atoms with van der Waals surface area (Å²) in [5.74, 6) is -1.22. The third-order valence-corrected chi connectivity index (χ3v) is 4.43. The van der Waals surface area contributed by atoms with Crippen LogP contribution in [0, 0.1) is 5.82 Å². The van der Waals surface area contributed by atoms with Crippen molar-refractivity contribution < 1.29 is 27.4 Å². The van der Waals surface area contributed by atoms with Gasteiger partial charge < -0.3 is 15.6 Å². The smallest absolute Gasteiger partial charge is 0.417 e. The molecule has 1 aromatic carbocycles. The van der Waals surface area contributed by atoms with Gasteiger partial charge in [-0.1, -0.05) is 19.1 Å². The van der Waals surface area contributed by atoms with Gasteiger partial charge in [0.05, 0.1) is 7.11 Å². The summed E-state index contributed by atoms with van der Waals surface area (Å²) in [4.78, 5) is 3.87. The number of ether oxygens (including phenoxy) is 1. The van der Waals surface area contributed by atoms with Crippen molar-refractivity contribution in [2.45, 2.75) is 37.5 Å². The second kappa shape index (κ2) is 8.60. The van der Waals surface area contributed by atoms with Gasteiger partial charge in [-0.3, -0.25) is 4.98 Å². The lowest BCUT2D eigenvalue weighted by Crippen LogP contribution is -2.47. The third kappa shape index (κ3) is 5.22. The molecule has 4 nitrogen and oxygen atoms in total. The van der Waals surface area contributed by atoms with E-state index in [0.717, 1.165) is 12.1 Å². The highest BCUT2D eigenvalue weighted by atomic mass is 19.4. The van der Waals surface area contributed by atoms with E-state index in [-0.39, 0.29) is 11.4 Å². The Morgan fingerprint density at radius 2 is 2.04 bits per heavy atom. The molecule has 0 radical (unpaired) electrons. The summed E-state index contributed by atoms with van der Waals surface area (Å²) in [6, 6.07) is 6.84. The minimum absolute atomic E-state index is 0.121. The maximum atomic E-state index is 13.7. The number of hydrogen-bond acceptors (Lipinski definition) is 4. The van der Waals surface area contributed by atoms with Crippen LogP contribution in [0.5, 0.6) is 5.75 Å². The lowest BCUT2D eigenvalue weighted by molar-refractivity contribution is -0.263. The first-order valence-electron chi connectivity index (χ1n) is 8.54. The quantitative estimate of drug-likeness (QED) is 0.678. The second-order valence-corrected chi connectivity index (χ2v) is 6.70. The molecule has 0 saturated carbocycles. The maximum Gasteiger partial charge on any atom is 0.417 e. The van der Waals surface area contributed by atoms with Gasteiger partial charge in [0.2, 0.25) is 0 Å². The number of pyridine rings is 1. The fourth-order valence-electron chi connectivity index (χ4n) is 3.06. The Bertz CT molecular complexity index is 825. The number of benzene rings is 1. The zero-order chi connectivity index (χ0) is 20.9. The molecular formula is C20H22F4N2O2. The van der Waals surface area contributed by atoms with Gasteiger partial charge in [-0.2, -0.15) is 13.2 Å². The van der Waals surface area contributed by atoms with Gasteiger partial charge in [-0.05, 0) is 41.7 Å². The van der Waals surface area contributed by atoms with Crippen LogP contribution in [0.3, 0.4) is 0 Å². The van der Waals surface area contributed by atoms with Crippen molar-refractivity contribution in [3.63, 3.8) is 0 Å². The predicted octanol–water partition coefficient (Wildman–Crippen LogP) is 4.41. The van der Waals surface area contributed by atoms with Crippen LogP contribution in [-0.2, 0) is 0 Å². The van der Waals surface area contributed by atoms with Crippen LogP contribution >= 0.6 is 0 Å². The van der Waals surface area contributed by atoms with Crippen LogP contribution in [0.2, 0.25) is 0 Å². The fourth-order valence-corrected chi connectivity index (χ4v) is 3.06. The largest absolute Gasteiger partial charge is 0.496 e. The molecule has 1 aromatic heterocycles. The first kappa shape index (κ1) is 21.7. The molecule has 3 N–H and O–H groups in total. The number of aromatic nitrogens is 1. The molecule has 152 valence electrons. The standard InChI is InChI=1S/C20H22F4N2O2/c1-13(17-6-5-15(21)9-18(17)28-2)10-19(27,20(22,23)24)11-16(25)8-14-4-3-7-26-12-14/h3-9,12-13,27H,10-11,25H2,1-2H3/b16-8-. The second-order valence-electron chi connectivity index (χ2n) is 6.70. The fraction of sp³-hybridized carbons (Fsp3) is 0.350. The minimum atomic E-state index is -4.91. The maximum absolute atomic E-state index is 13.7.